The Bertz CT molecular complexity index is 731. The maximum Gasteiger partial charge on any atom is 0.240 e. The van der Waals surface area contributed by atoms with Gasteiger partial charge in [-0.15, -0.1) is 24.0 Å². The Morgan fingerprint density at radius 1 is 1.15 bits per heavy atom. The van der Waals surface area contributed by atoms with Crippen LogP contribution in [-0.4, -0.2) is 34.5 Å². The number of rotatable bonds is 8. The molecule has 8 heteroatoms. The molecule has 0 unspecified atom stereocenters. The van der Waals surface area contributed by atoms with Crippen LogP contribution in [0.5, 0.6) is 0 Å². The highest BCUT2D eigenvalue weighted by atomic mass is 127. The van der Waals surface area contributed by atoms with Crippen molar-refractivity contribution in [3.05, 3.63) is 41.5 Å². The minimum Gasteiger partial charge on any atom is -0.357 e. The highest BCUT2D eigenvalue weighted by Gasteiger charge is 2.10. The summed E-state index contributed by atoms with van der Waals surface area (Å²) >= 11 is 0. The third-order valence-corrected chi connectivity index (χ3v) is 5.82. The summed E-state index contributed by atoms with van der Waals surface area (Å²) in [5.41, 5.74) is 2.51. The molecule has 0 bridgehead atoms. The largest absolute Gasteiger partial charge is 0.357 e. The molecule has 0 aromatic heterocycles. The van der Waals surface area contributed by atoms with Crippen LogP contribution in [-0.2, 0) is 16.6 Å². The standard InChI is InChI=1S/C19H30N4O2S.HI/c1-3-21-19(22-14-13-16-7-5-4-6-8-16)23-15-17-9-11-18(12-10-17)26(24,25)20-2;/h7,9-12,20H,3-6,8,13-15H2,1-2H3,(H2,21,22,23);1H. The third kappa shape index (κ3) is 8.18. The zero-order valence-corrected chi connectivity index (χ0v) is 19.3. The van der Waals surface area contributed by atoms with Gasteiger partial charge in [0.1, 0.15) is 0 Å². The van der Waals surface area contributed by atoms with E-state index in [2.05, 4.69) is 26.4 Å². The number of nitrogens with one attached hydrogen (secondary N) is 3. The van der Waals surface area contributed by atoms with Gasteiger partial charge < -0.3 is 10.6 Å². The van der Waals surface area contributed by atoms with Crippen LogP contribution in [0.3, 0.4) is 0 Å². The van der Waals surface area contributed by atoms with Crippen LogP contribution < -0.4 is 15.4 Å². The van der Waals surface area contributed by atoms with Gasteiger partial charge in [-0.25, -0.2) is 18.1 Å². The molecule has 152 valence electrons. The maximum absolute atomic E-state index is 11.7. The van der Waals surface area contributed by atoms with E-state index in [0.29, 0.717) is 6.54 Å². The molecule has 0 aliphatic heterocycles. The molecule has 3 N–H and O–H groups in total. The van der Waals surface area contributed by atoms with Crippen LogP contribution in [0, 0.1) is 0 Å². The number of halogens is 1. The summed E-state index contributed by atoms with van der Waals surface area (Å²) in [6.45, 7) is 4.21. The average Bonchev–Trinajstić information content (AvgIpc) is 2.67. The maximum atomic E-state index is 11.7. The van der Waals surface area contributed by atoms with E-state index in [1.54, 1.807) is 29.8 Å². The highest BCUT2D eigenvalue weighted by molar-refractivity contribution is 14.0. The first-order valence-electron chi connectivity index (χ1n) is 9.27. The predicted molar refractivity (Wildman–Crippen MR) is 122 cm³/mol. The molecule has 0 radical (unpaired) electrons. The molecule has 6 nitrogen and oxygen atoms in total. The Kier molecular flexibility index (Phi) is 10.9. The second kappa shape index (κ2) is 12.4. The van der Waals surface area contributed by atoms with Crippen molar-refractivity contribution >= 4 is 40.0 Å². The highest BCUT2D eigenvalue weighted by Crippen LogP contribution is 2.19. The smallest absolute Gasteiger partial charge is 0.240 e. The Morgan fingerprint density at radius 3 is 2.48 bits per heavy atom. The summed E-state index contributed by atoms with van der Waals surface area (Å²) in [7, 11) is -1.99. The molecule has 0 spiro atoms. The fourth-order valence-electron chi connectivity index (χ4n) is 2.88. The van der Waals surface area contributed by atoms with Crippen molar-refractivity contribution in [2.45, 2.75) is 50.5 Å². The van der Waals surface area contributed by atoms with Crippen LogP contribution in [0.25, 0.3) is 0 Å². The van der Waals surface area contributed by atoms with Gasteiger partial charge in [0, 0.05) is 13.1 Å². The SMILES string of the molecule is CCNC(=NCc1ccc(S(=O)(=O)NC)cc1)NCCC1=CCCCC1.I. The van der Waals surface area contributed by atoms with Crippen LogP contribution >= 0.6 is 24.0 Å². The summed E-state index contributed by atoms with van der Waals surface area (Å²) in [6, 6.07) is 6.80. The van der Waals surface area contributed by atoms with E-state index in [-0.39, 0.29) is 28.9 Å². The lowest BCUT2D eigenvalue weighted by atomic mass is 9.97. The predicted octanol–water partition coefficient (Wildman–Crippen LogP) is 3.16. The molecule has 0 saturated heterocycles. The Labute approximate surface area is 180 Å². The van der Waals surface area contributed by atoms with E-state index in [9.17, 15) is 8.42 Å². The summed E-state index contributed by atoms with van der Waals surface area (Å²) in [5, 5.41) is 6.62. The van der Waals surface area contributed by atoms with Crippen molar-refractivity contribution in [3.8, 4) is 0 Å². The van der Waals surface area contributed by atoms with Crippen LogP contribution in [0.4, 0.5) is 0 Å². The van der Waals surface area contributed by atoms with E-state index in [0.717, 1.165) is 31.0 Å². The van der Waals surface area contributed by atoms with Crippen molar-refractivity contribution in [2.75, 3.05) is 20.1 Å². The van der Waals surface area contributed by atoms with E-state index in [1.807, 2.05) is 6.92 Å². The normalized spacial score (nSPS) is 14.9. The van der Waals surface area contributed by atoms with Gasteiger partial charge in [0.05, 0.1) is 11.4 Å². The molecule has 1 aliphatic carbocycles. The quantitative estimate of drug-likeness (QED) is 0.219. The van der Waals surface area contributed by atoms with Gasteiger partial charge in [-0.2, -0.15) is 0 Å². The van der Waals surface area contributed by atoms with Crippen molar-refractivity contribution in [1.29, 1.82) is 0 Å². The van der Waals surface area contributed by atoms with E-state index in [1.165, 1.54) is 32.7 Å². The van der Waals surface area contributed by atoms with Crippen LogP contribution in [0.1, 0.15) is 44.6 Å². The molecule has 1 aliphatic rings. The van der Waals surface area contributed by atoms with Crippen molar-refractivity contribution < 1.29 is 8.42 Å². The average molecular weight is 506 g/mol. The summed E-state index contributed by atoms with van der Waals surface area (Å²) in [5.74, 6) is 0.788. The minimum absolute atomic E-state index is 0. The third-order valence-electron chi connectivity index (χ3n) is 4.39. The summed E-state index contributed by atoms with van der Waals surface area (Å²) in [4.78, 5) is 4.85. The summed E-state index contributed by atoms with van der Waals surface area (Å²) in [6.07, 6.45) is 8.48. The van der Waals surface area contributed by atoms with Crippen molar-refractivity contribution in [3.63, 3.8) is 0 Å². The number of benzene rings is 1. The van der Waals surface area contributed by atoms with Crippen LogP contribution in [0.15, 0.2) is 45.8 Å². The zero-order chi connectivity index (χ0) is 18.8. The molecule has 0 atom stereocenters. The van der Waals surface area contributed by atoms with Crippen molar-refractivity contribution in [1.82, 2.24) is 15.4 Å². The Balaban J connectivity index is 0.00000364. The summed E-state index contributed by atoms with van der Waals surface area (Å²) < 4.78 is 25.8. The molecule has 0 amide bonds. The first-order valence-corrected chi connectivity index (χ1v) is 10.8. The second-order valence-electron chi connectivity index (χ2n) is 6.33. The fraction of sp³-hybridized carbons (Fsp3) is 0.526. The molecule has 2 rings (SSSR count). The zero-order valence-electron chi connectivity index (χ0n) is 16.1. The molecule has 0 saturated carbocycles. The number of allylic oxidation sites excluding steroid dienone is 1. The van der Waals surface area contributed by atoms with Gasteiger partial charge in [0.15, 0.2) is 5.96 Å². The molecule has 0 heterocycles. The van der Waals surface area contributed by atoms with Gasteiger partial charge >= 0.3 is 0 Å². The number of hydrogen-bond donors (Lipinski definition) is 3. The number of hydrogen-bond acceptors (Lipinski definition) is 3. The molecule has 0 fully saturated rings. The van der Waals surface area contributed by atoms with E-state index in [4.69, 9.17) is 0 Å². The van der Waals surface area contributed by atoms with Crippen LogP contribution in [0.2, 0.25) is 0 Å². The van der Waals surface area contributed by atoms with Gasteiger partial charge in [0.25, 0.3) is 0 Å². The monoisotopic (exact) mass is 506 g/mol. The lowest BCUT2D eigenvalue weighted by Gasteiger charge is -2.15. The van der Waals surface area contributed by atoms with Gasteiger partial charge in [0.2, 0.25) is 10.0 Å². The lowest BCUT2D eigenvalue weighted by Crippen LogP contribution is -2.37. The Hall–Kier alpha value is -1.13. The molecular weight excluding hydrogens is 475 g/mol. The second-order valence-corrected chi connectivity index (χ2v) is 8.22. The van der Waals surface area contributed by atoms with Gasteiger partial charge in [-0.1, -0.05) is 23.8 Å². The van der Waals surface area contributed by atoms with E-state index >= 15 is 0 Å². The number of aliphatic imine (C=N–C) groups is 1. The number of sulfonamides is 1. The Morgan fingerprint density at radius 2 is 1.89 bits per heavy atom. The van der Waals surface area contributed by atoms with E-state index < -0.39 is 10.0 Å². The minimum atomic E-state index is -3.39. The number of nitrogens with zero attached hydrogens (tertiary/aromatic N) is 1. The lowest BCUT2D eigenvalue weighted by molar-refractivity contribution is 0.588. The number of guanidine groups is 1. The molecule has 1 aromatic rings. The molecular formula is C19H31IN4O2S. The fourth-order valence-corrected chi connectivity index (χ4v) is 3.61. The molecule has 27 heavy (non-hydrogen) atoms. The molecule has 1 aromatic carbocycles. The van der Waals surface area contributed by atoms with Gasteiger partial charge in [-0.3, -0.25) is 0 Å². The first kappa shape index (κ1) is 23.9. The first-order chi connectivity index (χ1) is 12.5. The van der Waals surface area contributed by atoms with Crippen molar-refractivity contribution in [2.24, 2.45) is 4.99 Å². The van der Waals surface area contributed by atoms with Gasteiger partial charge in [-0.05, 0) is 63.8 Å². The topological polar surface area (TPSA) is 82.6 Å².